The van der Waals surface area contributed by atoms with Gasteiger partial charge < -0.3 is 24.3 Å². The first-order valence-electron chi connectivity index (χ1n) is 11.9. The average Bonchev–Trinajstić information content (AvgIpc) is 3.35. The number of ether oxygens (including phenoxy) is 2. The van der Waals surface area contributed by atoms with Crippen LogP contribution in [-0.2, 0) is 16.1 Å². The van der Waals surface area contributed by atoms with E-state index < -0.39 is 0 Å². The fraction of sp³-hybridized carbons (Fsp3) is 0.296. The van der Waals surface area contributed by atoms with Gasteiger partial charge in [0.25, 0.3) is 5.91 Å². The summed E-state index contributed by atoms with van der Waals surface area (Å²) in [4.78, 5) is 23.7. The van der Waals surface area contributed by atoms with E-state index in [0.29, 0.717) is 44.4 Å². The van der Waals surface area contributed by atoms with Gasteiger partial charge in [-0.25, -0.2) is 4.98 Å². The zero-order chi connectivity index (χ0) is 24.6. The number of carbonyl (C=O) groups excluding carboxylic acids is 1. The molecule has 5 rings (SSSR count). The highest BCUT2D eigenvalue weighted by Crippen LogP contribution is 2.22. The van der Waals surface area contributed by atoms with Crippen molar-refractivity contribution in [2.75, 3.05) is 38.7 Å². The Morgan fingerprint density at radius 3 is 2.43 bits per heavy atom. The normalized spacial score (nSPS) is 13.3. The largest absolute Gasteiger partial charge is 0.380 e. The molecule has 2 aromatic heterocycles. The van der Waals surface area contributed by atoms with Gasteiger partial charge in [0.2, 0.25) is 5.95 Å². The Labute approximate surface area is 205 Å². The molecule has 4 aromatic rings. The summed E-state index contributed by atoms with van der Waals surface area (Å²) in [6.45, 7) is 7.02. The number of methoxy groups -OCH3 is 1. The molecule has 2 aromatic carbocycles. The van der Waals surface area contributed by atoms with Gasteiger partial charge in [0.1, 0.15) is 5.65 Å². The number of hydrogen-bond donors (Lipinski definition) is 1. The fourth-order valence-corrected chi connectivity index (χ4v) is 3.88. The molecule has 0 saturated carbocycles. The molecule has 0 atom stereocenters. The highest BCUT2D eigenvalue weighted by molar-refractivity contribution is 5.94. The van der Waals surface area contributed by atoms with E-state index in [1.165, 1.54) is 0 Å². The summed E-state index contributed by atoms with van der Waals surface area (Å²) in [6, 6.07) is 17.6. The zero-order valence-corrected chi connectivity index (χ0v) is 20.4. The second-order valence-electron chi connectivity index (χ2n) is 7.86. The minimum absolute atomic E-state index is 0.0348. The molecule has 35 heavy (non-hydrogen) atoms. The SMILES string of the molecule is CC.COCc1ccc(Nc2ncc3ccn(-c4ccc(C(=O)N5CCOCC5)cc4)c3n2)cc1. The van der Waals surface area contributed by atoms with Crippen LogP contribution >= 0.6 is 0 Å². The third-order valence-corrected chi connectivity index (χ3v) is 5.64. The Morgan fingerprint density at radius 1 is 1.03 bits per heavy atom. The second-order valence-corrected chi connectivity index (χ2v) is 7.86. The third-order valence-electron chi connectivity index (χ3n) is 5.64. The number of nitrogens with one attached hydrogen (secondary N) is 1. The average molecular weight is 474 g/mol. The molecule has 1 fully saturated rings. The van der Waals surface area contributed by atoms with Crippen molar-refractivity contribution in [2.45, 2.75) is 20.5 Å². The minimum atomic E-state index is 0.0348. The van der Waals surface area contributed by atoms with Crippen molar-refractivity contribution in [3.05, 3.63) is 78.1 Å². The maximum Gasteiger partial charge on any atom is 0.254 e. The summed E-state index contributed by atoms with van der Waals surface area (Å²) < 4.78 is 12.5. The van der Waals surface area contributed by atoms with Crippen LogP contribution in [0.25, 0.3) is 16.7 Å². The van der Waals surface area contributed by atoms with Crippen LogP contribution in [0.3, 0.4) is 0 Å². The van der Waals surface area contributed by atoms with E-state index in [9.17, 15) is 4.79 Å². The lowest BCUT2D eigenvalue weighted by molar-refractivity contribution is 0.0303. The first-order valence-corrected chi connectivity index (χ1v) is 11.9. The number of hydrogen-bond acceptors (Lipinski definition) is 6. The minimum Gasteiger partial charge on any atom is -0.380 e. The molecule has 3 heterocycles. The number of morpholine rings is 1. The van der Waals surface area contributed by atoms with E-state index in [-0.39, 0.29) is 5.91 Å². The van der Waals surface area contributed by atoms with Gasteiger partial charge in [0.15, 0.2) is 0 Å². The van der Waals surface area contributed by atoms with Crippen LogP contribution in [0, 0.1) is 0 Å². The van der Waals surface area contributed by atoms with Gasteiger partial charge in [0.05, 0.1) is 19.8 Å². The summed E-state index contributed by atoms with van der Waals surface area (Å²) in [5.41, 5.74) is 4.39. The molecule has 1 amide bonds. The lowest BCUT2D eigenvalue weighted by Gasteiger charge is -2.26. The van der Waals surface area contributed by atoms with Crippen molar-refractivity contribution in [1.29, 1.82) is 0 Å². The maximum absolute atomic E-state index is 12.7. The number of rotatable bonds is 6. The number of benzene rings is 2. The van der Waals surface area contributed by atoms with Crippen molar-refractivity contribution in [3.8, 4) is 5.69 Å². The van der Waals surface area contributed by atoms with Gasteiger partial charge in [-0.15, -0.1) is 0 Å². The summed E-state index contributed by atoms with van der Waals surface area (Å²) in [5.74, 6) is 0.550. The molecule has 1 saturated heterocycles. The molecule has 182 valence electrons. The summed E-state index contributed by atoms with van der Waals surface area (Å²) >= 11 is 0. The Hall–Kier alpha value is -3.75. The monoisotopic (exact) mass is 473 g/mol. The molecule has 0 radical (unpaired) electrons. The summed E-state index contributed by atoms with van der Waals surface area (Å²) in [7, 11) is 1.68. The Kier molecular flexibility index (Phi) is 8.07. The molecule has 0 aliphatic carbocycles. The van der Waals surface area contributed by atoms with Crippen LogP contribution in [-0.4, -0.2) is 58.8 Å². The second kappa shape index (κ2) is 11.6. The molecule has 8 nitrogen and oxygen atoms in total. The van der Waals surface area contributed by atoms with Crippen LogP contribution in [0.5, 0.6) is 0 Å². The van der Waals surface area contributed by atoms with Crippen molar-refractivity contribution in [1.82, 2.24) is 19.4 Å². The van der Waals surface area contributed by atoms with Gasteiger partial charge in [-0.2, -0.15) is 4.98 Å². The first kappa shape index (κ1) is 24.4. The molecular formula is C27H31N5O3. The van der Waals surface area contributed by atoms with Crippen molar-refractivity contribution >= 4 is 28.6 Å². The lowest BCUT2D eigenvalue weighted by atomic mass is 10.1. The van der Waals surface area contributed by atoms with Gasteiger partial charge in [0, 0.05) is 54.9 Å². The van der Waals surface area contributed by atoms with Crippen LogP contribution in [0.2, 0.25) is 0 Å². The van der Waals surface area contributed by atoms with E-state index in [0.717, 1.165) is 28.0 Å². The molecule has 1 aliphatic heterocycles. The van der Waals surface area contributed by atoms with E-state index >= 15 is 0 Å². The van der Waals surface area contributed by atoms with Crippen LogP contribution in [0.4, 0.5) is 11.6 Å². The van der Waals surface area contributed by atoms with Crippen LogP contribution < -0.4 is 5.32 Å². The van der Waals surface area contributed by atoms with Gasteiger partial charge >= 0.3 is 0 Å². The fourth-order valence-electron chi connectivity index (χ4n) is 3.88. The predicted molar refractivity (Wildman–Crippen MR) is 137 cm³/mol. The number of nitrogens with zero attached hydrogens (tertiary/aromatic N) is 4. The number of anilines is 2. The van der Waals surface area contributed by atoms with Crippen molar-refractivity contribution in [3.63, 3.8) is 0 Å². The first-order chi connectivity index (χ1) is 17.2. The van der Waals surface area contributed by atoms with Gasteiger partial charge in [-0.3, -0.25) is 4.79 Å². The van der Waals surface area contributed by atoms with Crippen molar-refractivity contribution in [2.24, 2.45) is 0 Å². The molecule has 8 heteroatoms. The molecule has 0 unspecified atom stereocenters. The quantitative estimate of drug-likeness (QED) is 0.433. The van der Waals surface area contributed by atoms with Gasteiger partial charge in [-0.1, -0.05) is 26.0 Å². The number of amides is 1. The van der Waals surface area contributed by atoms with Crippen LogP contribution in [0.15, 0.2) is 67.0 Å². The molecule has 0 spiro atoms. The van der Waals surface area contributed by atoms with E-state index in [1.807, 2.05) is 84.1 Å². The molecule has 1 aliphatic rings. The Morgan fingerprint density at radius 2 is 1.74 bits per heavy atom. The van der Waals surface area contributed by atoms with Crippen LogP contribution in [0.1, 0.15) is 29.8 Å². The zero-order valence-electron chi connectivity index (χ0n) is 20.4. The Bertz CT molecular complexity index is 1250. The number of aromatic nitrogens is 3. The topological polar surface area (TPSA) is 81.5 Å². The number of fused-ring (bicyclic) bond motifs is 1. The third kappa shape index (κ3) is 5.67. The number of carbonyl (C=O) groups is 1. The summed E-state index contributed by atoms with van der Waals surface area (Å²) in [5, 5.41) is 4.19. The smallest absolute Gasteiger partial charge is 0.254 e. The predicted octanol–water partition coefficient (Wildman–Crippen LogP) is 4.81. The molecule has 1 N–H and O–H groups in total. The lowest BCUT2D eigenvalue weighted by Crippen LogP contribution is -2.40. The highest BCUT2D eigenvalue weighted by Gasteiger charge is 2.18. The van der Waals surface area contributed by atoms with Crippen molar-refractivity contribution < 1.29 is 14.3 Å². The maximum atomic E-state index is 12.7. The van der Waals surface area contributed by atoms with Gasteiger partial charge in [-0.05, 0) is 48.0 Å². The highest BCUT2D eigenvalue weighted by atomic mass is 16.5. The standard InChI is InChI=1S/C25H25N5O3.C2H6/c1-32-17-18-2-6-21(7-3-18)27-25-26-16-20-10-11-30(23(20)28-25)22-8-4-19(5-9-22)24(31)29-12-14-33-15-13-29;1-2/h2-11,16H,12-15,17H2,1H3,(H,26,27,28);1-2H3. The Balaban J connectivity index is 0.00000141. The summed E-state index contributed by atoms with van der Waals surface area (Å²) in [6.07, 6.45) is 3.76. The van der Waals surface area contributed by atoms with E-state index in [4.69, 9.17) is 14.5 Å². The van der Waals surface area contributed by atoms with E-state index in [2.05, 4.69) is 10.3 Å². The molecular weight excluding hydrogens is 442 g/mol. The van der Waals surface area contributed by atoms with E-state index in [1.54, 1.807) is 13.3 Å². The molecule has 0 bridgehead atoms.